The summed E-state index contributed by atoms with van der Waals surface area (Å²) >= 11 is 0. The Kier molecular flexibility index (Phi) is 7.20. The summed E-state index contributed by atoms with van der Waals surface area (Å²) in [5, 5.41) is 3.61. The molecule has 1 atom stereocenters. The van der Waals surface area contributed by atoms with Crippen LogP contribution >= 0.6 is 0 Å². The molecule has 0 amide bonds. The molecule has 0 heterocycles. The second-order valence-electron chi connectivity index (χ2n) is 4.84. The number of hydrogen-bond donors (Lipinski definition) is 1. The summed E-state index contributed by atoms with van der Waals surface area (Å²) in [6, 6.07) is 1.27. The first-order valence-electron chi connectivity index (χ1n) is 5.92. The van der Waals surface area contributed by atoms with Gasteiger partial charge >= 0.3 is 0 Å². The van der Waals surface area contributed by atoms with Crippen LogP contribution in [0.5, 0.6) is 0 Å². The van der Waals surface area contributed by atoms with Gasteiger partial charge in [-0.05, 0) is 39.8 Å². The van der Waals surface area contributed by atoms with Crippen molar-refractivity contribution in [2.45, 2.75) is 53.1 Å². The van der Waals surface area contributed by atoms with Crippen LogP contribution in [0.1, 0.15) is 41.0 Å². The molecule has 0 aliphatic heterocycles. The molecular weight excluding hydrogens is 172 g/mol. The molecule has 0 saturated carbocycles. The monoisotopic (exact) mass is 200 g/mol. The summed E-state index contributed by atoms with van der Waals surface area (Å²) < 4.78 is 0. The van der Waals surface area contributed by atoms with E-state index in [4.69, 9.17) is 0 Å². The summed E-state index contributed by atoms with van der Waals surface area (Å²) in [5.41, 5.74) is 0. The van der Waals surface area contributed by atoms with Gasteiger partial charge in [0.15, 0.2) is 0 Å². The molecule has 0 aromatic rings. The van der Waals surface area contributed by atoms with Crippen molar-refractivity contribution < 1.29 is 0 Å². The van der Waals surface area contributed by atoms with Crippen molar-refractivity contribution >= 4 is 0 Å². The lowest BCUT2D eigenvalue weighted by atomic mass is 10.0. The van der Waals surface area contributed by atoms with E-state index in [2.05, 4.69) is 51.9 Å². The topological polar surface area (TPSA) is 15.3 Å². The lowest BCUT2D eigenvalue weighted by Crippen LogP contribution is -2.45. The maximum absolute atomic E-state index is 3.61. The minimum absolute atomic E-state index is 0.627. The van der Waals surface area contributed by atoms with Gasteiger partial charge in [0, 0.05) is 18.6 Å². The van der Waals surface area contributed by atoms with Gasteiger partial charge < -0.3 is 10.2 Å². The van der Waals surface area contributed by atoms with Crippen LogP contribution in [-0.4, -0.2) is 37.1 Å². The van der Waals surface area contributed by atoms with E-state index in [0.717, 1.165) is 13.1 Å². The molecule has 0 bridgehead atoms. The SMILES string of the molecule is CCCNC(CN(C)C(C)C)C(C)C. The van der Waals surface area contributed by atoms with Crippen LogP contribution in [0.3, 0.4) is 0 Å². The van der Waals surface area contributed by atoms with Crippen molar-refractivity contribution in [2.75, 3.05) is 20.1 Å². The summed E-state index contributed by atoms with van der Waals surface area (Å²) in [6.07, 6.45) is 1.22. The van der Waals surface area contributed by atoms with E-state index in [1.807, 2.05) is 0 Å². The van der Waals surface area contributed by atoms with Crippen molar-refractivity contribution in [3.8, 4) is 0 Å². The molecule has 1 unspecified atom stereocenters. The molecule has 0 aromatic carbocycles. The number of hydrogen-bond acceptors (Lipinski definition) is 2. The van der Waals surface area contributed by atoms with Crippen LogP contribution < -0.4 is 5.32 Å². The van der Waals surface area contributed by atoms with Crippen LogP contribution in [0.25, 0.3) is 0 Å². The Balaban J connectivity index is 3.95. The van der Waals surface area contributed by atoms with Crippen molar-refractivity contribution in [3.63, 3.8) is 0 Å². The van der Waals surface area contributed by atoms with E-state index in [1.165, 1.54) is 6.42 Å². The standard InChI is InChI=1S/C12H28N2/c1-7-8-13-12(10(2)3)9-14(6)11(4)5/h10-13H,7-9H2,1-6H3. The Hall–Kier alpha value is -0.0800. The largest absolute Gasteiger partial charge is 0.312 e. The Labute approximate surface area is 90.1 Å². The summed E-state index contributed by atoms with van der Waals surface area (Å²) in [5.74, 6) is 0.711. The van der Waals surface area contributed by atoms with Gasteiger partial charge in [-0.25, -0.2) is 0 Å². The van der Waals surface area contributed by atoms with E-state index >= 15 is 0 Å². The molecule has 0 aromatic heterocycles. The molecular formula is C12H28N2. The van der Waals surface area contributed by atoms with E-state index in [1.54, 1.807) is 0 Å². The van der Waals surface area contributed by atoms with Crippen LogP contribution in [0.4, 0.5) is 0 Å². The quantitative estimate of drug-likeness (QED) is 0.678. The highest BCUT2D eigenvalue weighted by molar-refractivity contribution is 4.74. The molecule has 0 aliphatic carbocycles. The zero-order valence-electron chi connectivity index (χ0n) is 10.8. The predicted molar refractivity (Wildman–Crippen MR) is 64.7 cm³/mol. The second-order valence-corrected chi connectivity index (χ2v) is 4.84. The van der Waals surface area contributed by atoms with E-state index in [9.17, 15) is 0 Å². The highest BCUT2D eigenvalue weighted by Gasteiger charge is 2.15. The van der Waals surface area contributed by atoms with Gasteiger partial charge in [-0.3, -0.25) is 0 Å². The van der Waals surface area contributed by atoms with Gasteiger partial charge in [0.2, 0.25) is 0 Å². The minimum Gasteiger partial charge on any atom is -0.312 e. The highest BCUT2D eigenvalue weighted by Crippen LogP contribution is 2.05. The van der Waals surface area contributed by atoms with Crippen LogP contribution in [-0.2, 0) is 0 Å². The average molecular weight is 200 g/mol. The van der Waals surface area contributed by atoms with Gasteiger partial charge in [0.05, 0.1) is 0 Å². The maximum Gasteiger partial charge on any atom is 0.0217 e. The van der Waals surface area contributed by atoms with Gasteiger partial charge in [-0.1, -0.05) is 20.8 Å². The van der Waals surface area contributed by atoms with Gasteiger partial charge in [0.25, 0.3) is 0 Å². The lowest BCUT2D eigenvalue weighted by molar-refractivity contribution is 0.217. The highest BCUT2D eigenvalue weighted by atomic mass is 15.1. The fourth-order valence-corrected chi connectivity index (χ4v) is 1.36. The second kappa shape index (κ2) is 7.24. The molecule has 14 heavy (non-hydrogen) atoms. The van der Waals surface area contributed by atoms with E-state index in [0.29, 0.717) is 18.0 Å². The van der Waals surface area contributed by atoms with Crippen molar-refractivity contribution in [1.29, 1.82) is 0 Å². The first kappa shape index (κ1) is 13.9. The van der Waals surface area contributed by atoms with Crippen molar-refractivity contribution in [3.05, 3.63) is 0 Å². The average Bonchev–Trinajstić information content (AvgIpc) is 2.10. The van der Waals surface area contributed by atoms with Crippen LogP contribution in [0.15, 0.2) is 0 Å². The summed E-state index contributed by atoms with van der Waals surface area (Å²) in [7, 11) is 2.20. The Morgan fingerprint density at radius 3 is 2.07 bits per heavy atom. The van der Waals surface area contributed by atoms with Gasteiger partial charge in [-0.2, -0.15) is 0 Å². The predicted octanol–water partition coefficient (Wildman–Crippen LogP) is 2.35. The first-order valence-corrected chi connectivity index (χ1v) is 5.92. The van der Waals surface area contributed by atoms with Crippen LogP contribution in [0, 0.1) is 5.92 Å². The fourth-order valence-electron chi connectivity index (χ4n) is 1.36. The first-order chi connectivity index (χ1) is 6.49. The van der Waals surface area contributed by atoms with E-state index < -0.39 is 0 Å². The molecule has 2 nitrogen and oxygen atoms in total. The Morgan fingerprint density at radius 2 is 1.71 bits per heavy atom. The van der Waals surface area contributed by atoms with Gasteiger partial charge in [-0.15, -0.1) is 0 Å². The Morgan fingerprint density at radius 1 is 1.14 bits per heavy atom. The molecule has 0 spiro atoms. The summed E-state index contributed by atoms with van der Waals surface area (Å²) in [4.78, 5) is 2.41. The summed E-state index contributed by atoms with van der Waals surface area (Å²) in [6.45, 7) is 13.6. The Bertz CT molecular complexity index is 132. The third kappa shape index (κ3) is 5.61. The van der Waals surface area contributed by atoms with Crippen molar-refractivity contribution in [2.24, 2.45) is 5.92 Å². The van der Waals surface area contributed by atoms with Crippen LogP contribution in [0.2, 0.25) is 0 Å². The molecule has 86 valence electrons. The lowest BCUT2D eigenvalue weighted by Gasteiger charge is -2.30. The molecule has 1 N–H and O–H groups in total. The normalized spacial score (nSPS) is 14.4. The molecule has 0 aliphatic rings. The number of rotatable bonds is 7. The third-order valence-corrected chi connectivity index (χ3v) is 2.83. The van der Waals surface area contributed by atoms with E-state index in [-0.39, 0.29) is 0 Å². The minimum atomic E-state index is 0.627. The fraction of sp³-hybridized carbons (Fsp3) is 1.00. The zero-order valence-corrected chi connectivity index (χ0v) is 10.8. The molecule has 0 fully saturated rings. The van der Waals surface area contributed by atoms with Gasteiger partial charge in [0.1, 0.15) is 0 Å². The zero-order chi connectivity index (χ0) is 11.1. The van der Waals surface area contributed by atoms with Crippen molar-refractivity contribution in [1.82, 2.24) is 10.2 Å². The number of nitrogens with zero attached hydrogens (tertiary/aromatic N) is 1. The smallest absolute Gasteiger partial charge is 0.0217 e. The number of likely N-dealkylation sites (N-methyl/N-ethyl adjacent to an activating group) is 1. The maximum atomic E-state index is 3.61. The third-order valence-electron chi connectivity index (χ3n) is 2.83. The molecule has 0 radical (unpaired) electrons. The molecule has 0 rings (SSSR count). The number of nitrogens with one attached hydrogen (secondary N) is 1. The molecule has 2 heteroatoms. The molecule has 0 saturated heterocycles.